The Balaban J connectivity index is 0. The Kier molecular flexibility index (Phi) is 16.4. The Bertz CT molecular complexity index is 76.9. The molecule has 0 aromatic carbocycles. The van der Waals surface area contributed by atoms with Crippen molar-refractivity contribution in [2.75, 3.05) is 0 Å². The number of rotatable bonds is 6. The van der Waals surface area contributed by atoms with E-state index in [1.54, 1.807) is 0 Å². The third kappa shape index (κ3) is 13.3. The first-order chi connectivity index (χ1) is 4.91. The van der Waals surface area contributed by atoms with Gasteiger partial charge in [0.1, 0.15) is 0 Å². The summed E-state index contributed by atoms with van der Waals surface area (Å²) >= 11 is 0. The molecule has 0 N–H and O–H groups in total. The van der Waals surface area contributed by atoms with Gasteiger partial charge in [-0.05, 0) is 12.8 Å². The summed E-state index contributed by atoms with van der Waals surface area (Å²) in [6, 6.07) is 0. The van der Waals surface area contributed by atoms with Crippen LogP contribution in [0.4, 0.5) is 0 Å². The SMILES string of the molecule is [CH2-]CC=CCCCCCC.[Li+]. The molecule has 0 saturated carbocycles. The van der Waals surface area contributed by atoms with Crippen molar-refractivity contribution in [1.29, 1.82) is 0 Å². The van der Waals surface area contributed by atoms with Gasteiger partial charge in [0.05, 0.1) is 0 Å². The van der Waals surface area contributed by atoms with Crippen LogP contribution < -0.4 is 18.9 Å². The standard InChI is InChI=1S/C10H19.Li/c1-3-5-7-9-10-8-6-4-2;/h5,7H,1,3-4,6,8-10H2,2H3;/q-1;+1. The Morgan fingerprint density at radius 2 is 1.82 bits per heavy atom. The van der Waals surface area contributed by atoms with E-state index in [1.807, 2.05) is 0 Å². The maximum absolute atomic E-state index is 3.73. The van der Waals surface area contributed by atoms with Crippen molar-refractivity contribution in [3.63, 3.8) is 0 Å². The Morgan fingerprint density at radius 1 is 1.09 bits per heavy atom. The van der Waals surface area contributed by atoms with Gasteiger partial charge in [0, 0.05) is 0 Å². The first-order valence-corrected chi connectivity index (χ1v) is 4.36. The normalized spacial score (nSPS) is 10.0. The molecule has 0 aliphatic rings. The summed E-state index contributed by atoms with van der Waals surface area (Å²) in [5, 5.41) is 0. The van der Waals surface area contributed by atoms with Crippen molar-refractivity contribution in [3.05, 3.63) is 19.1 Å². The van der Waals surface area contributed by atoms with Crippen molar-refractivity contribution in [2.24, 2.45) is 0 Å². The molecule has 0 rings (SSSR count). The maximum atomic E-state index is 3.73. The molecule has 0 aliphatic heterocycles. The number of hydrogen-bond donors (Lipinski definition) is 0. The molecule has 0 amide bonds. The summed E-state index contributed by atoms with van der Waals surface area (Å²) in [6.45, 7) is 5.97. The van der Waals surface area contributed by atoms with Crippen molar-refractivity contribution in [2.45, 2.75) is 45.4 Å². The molecule has 0 unspecified atom stereocenters. The predicted octanol–water partition coefficient (Wildman–Crippen LogP) is 0.741. The zero-order valence-corrected chi connectivity index (χ0v) is 8.10. The van der Waals surface area contributed by atoms with Crippen LogP contribution in [-0.2, 0) is 0 Å². The van der Waals surface area contributed by atoms with Gasteiger partial charge in [-0.15, -0.1) is 6.08 Å². The number of allylic oxidation sites excluding steroid dienone is 2. The van der Waals surface area contributed by atoms with Crippen molar-refractivity contribution < 1.29 is 18.9 Å². The molecule has 0 aromatic rings. The molecule has 0 saturated heterocycles. The summed E-state index contributed by atoms with van der Waals surface area (Å²) in [5.74, 6) is 0. The Labute approximate surface area is 83.6 Å². The molecule has 0 aliphatic carbocycles. The van der Waals surface area contributed by atoms with E-state index in [4.69, 9.17) is 0 Å². The number of unbranched alkanes of at least 4 members (excludes halogenated alkanes) is 4. The van der Waals surface area contributed by atoms with Crippen LogP contribution in [0.25, 0.3) is 0 Å². The van der Waals surface area contributed by atoms with E-state index < -0.39 is 0 Å². The average Bonchev–Trinajstić information content (AvgIpc) is 1.97. The molecule has 0 aromatic heterocycles. The van der Waals surface area contributed by atoms with Gasteiger partial charge in [0.15, 0.2) is 0 Å². The Morgan fingerprint density at radius 3 is 2.36 bits per heavy atom. The third-order valence-electron chi connectivity index (χ3n) is 1.56. The molecular formula is C10H19Li. The molecule has 0 spiro atoms. The van der Waals surface area contributed by atoms with Gasteiger partial charge in [-0.3, -0.25) is 0 Å². The van der Waals surface area contributed by atoms with Gasteiger partial charge in [0.2, 0.25) is 0 Å². The molecule has 11 heavy (non-hydrogen) atoms. The zero-order valence-electron chi connectivity index (χ0n) is 8.10. The Hall–Kier alpha value is 0.337. The van der Waals surface area contributed by atoms with Crippen LogP contribution in [0.1, 0.15) is 45.4 Å². The minimum absolute atomic E-state index is 0. The topological polar surface area (TPSA) is 0 Å². The van der Waals surface area contributed by atoms with Crippen molar-refractivity contribution >= 4 is 0 Å². The minimum Gasteiger partial charge on any atom is -0.340 e. The summed E-state index contributed by atoms with van der Waals surface area (Å²) < 4.78 is 0. The fourth-order valence-electron chi connectivity index (χ4n) is 0.925. The molecule has 0 bridgehead atoms. The van der Waals surface area contributed by atoms with Gasteiger partial charge in [-0.2, -0.15) is 6.42 Å². The summed E-state index contributed by atoms with van der Waals surface area (Å²) in [6.07, 6.45) is 12.0. The molecule has 0 atom stereocenters. The fraction of sp³-hybridized carbons (Fsp3) is 0.700. The van der Waals surface area contributed by atoms with E-state index in [0.29, 0.717) is 0 Å². The molecular weight excluding hydrogens is 127 g/mol. The molecule has 0 nitrogen and oxygen atoms in total. The number of hydrogen-bond acceptors (Lipinski definition) is 0. The van der Waals surface area contributed by atoms with Crippen LogP contribution in [-0.4, -0.2) is 0 Å². The van der Waals surface area contributed by atoms with E-state index in [1.165, 1.54) is 32.1 Å². The van der Waals surface area contributed by atoms with Gasteiger partial charge >= 0.3 is 18.9 Å². The van der Waals surface area contributed by atoms with Crippen LogP contribution in [0.3, 0.4) is 0 Å². The quantitative estimate of drug-likeness (QED) is 0.224. The van der Waals surface area contributed by atoms with Gasteiger partial charge in [-0.1, -0.05) is 32.3 Å². The van der Waals surface area contributed by atoms with Gasteiger partial charge in [0.25, 0.3) is 0 Å². The average molecular weight is 146 g/mol. The van der Waals surface area contributed by atoms with Gasteiger partial charge < -0.3 is 6.92 Å². The zero-order chi connectivity index (χ0) is 7.66. The van der Waals surface area contributed by atoms with E-state index in [2.05, 4.69) is 26.0 Å². The monoisotopic (exact) mass is 146 g/mol. The maximum Gasteiger partial charge on any atom is 1.00 e. The molecule has 0 fully saturated rings. The second-order valence-electron chi connectivity index (χ2n) is 2.61. The van der Waals surface area contributed by atoms with Crippen molar-refractivity contribution in [3.8, 4) is 0 Å². The second-order valence-corrected chi connectivity index (χ2v) is 2.61. The smallest absolute Gasteiger partial charge is 0.340 e. The van der Waals surface area contributed by atoms with Crippen LogP contribution in [0, 0.1) is 6.92 Å². The first-order valence-electron chi connectivity index (χ1n) is 4.36. The van der Waals surface area contributed by atoms with Crippen LogP contribution in [0.5, 0.6) is 0 Å². The van der Waals surface area contributed by atoms with Crippen LogP contribution in [0.2, 0.25) is 0 Å². The summed E-state index contributed by atoms with van der Waals surface area (Å²) in [7, 11) is 0. The fourth-order valence-corrected chi connectivity index (χ4v) is 0.925. The predicted molar refractivity (Wildman–Crippen MR) is 47.9 cm³/mol. The molecule has 60 valence electrons. The third-order valence-corrected chi connectivity index (χ3v) is 1.56. The van der Waals surface area contributed by atoms with Crippen LogP contribution >= 0.6 is 0 Å². The van der Waals surface area contributed by atoms with E-state index in [-0.39, 0.29) is 18.9 Å². The van der Waals surface area contributed by atoms with E-state index in [0.717, 1.165) is 6.42 Å². The van der Waals surface area contributed by atoms with E-state index in [9.17, 15) is 0 Å². The van der Waals surface area contributed by atoms with Gasteiger partial charge in [-0.25, -0.2) is 0 Å². The molecule has 0 radical (unpaired) electrons. The van der Waals surface area contributed by atoms with E-state index >= 15 is 0 Å². The summed E-state index contributed by atoms with van der Waals surface area (Å²) in [5.41, 5.74) is 0. The van der Waals surface area contributed by atoms with Crippen LogP contribution in [0.15, 0.2) is 12.2 Å². The largest absolute Gasteiger partial charge is 1.00 e. The molecule has 0 heterocycles. The summed E-state index contributed by atoms with van der Waals surface area (Å²) in [4.78, 5) is 0. The first kappa shape index (κ1) is 13.9. The minimum atomic E-state index is 0. The molecule has 1 heteroatoms. The van der Waals surface area contributed by atoms with Crippen molar-refractivity contribution in [1.82, 2.24) is 0 Å². The second kappa shape index (κ2) is 13.0.